The first kappa shape index (κ1) is 20.6. The third-order valence-corrected chi connectivity index (χ3v) is 4.73. The maximum Gasteiger partial charge on any atom is 0.250 e. The number of nitrogens with zero attached hydrogens (tertiary/aromatic N) is 1. The molecule has 0 saturated heterocycles. The van der Waals surface area contributed by atoms with Crippen LogP contribution >= 0.6 is 11.3 Å². The molecule has 0 saturated carbocycles. The molecule has 2 aromatic carbocycles. The van der Waals surface area contributed by atoms with Gasteiger partial charge in [-0.15, -0.1) is 11.3 Å². The molecule has 1 N–H and O–H groups in total. The molecule has 150 valence electrons. The van der Waals surface area contributed by atoms with E-state index in [4.69, 9.17) is 9.47 Å². The number of hydrogen-bond acceptors (Lipinski definition) is 5. The van der Waals surface area contributed by atoms with Gasteiger partial charge in [-0.2, -0.15) is 0 Å². The second kappa shape index (κ2) is 10.4. The summed E-state index contributed by atoms with van der Waals surface area (Å²) in [7, 11) is 0. The van der Waals surface area contributed by atoms with Gasteiger partial charge in [-0.1, -0.05) is 19.1 Å². The SMILES string of the molecule is CCCOc1ccc(C=CC(=O)Nc2nc(-c3ccc(OCC)cc3)cs2)cc1. The second-order valence-corrected chi connectivity index (χ2v) is 7.09. The fraction of sp³-hybridized carbons (Fsp3) is 0.217. The minimum atomic E-state index is -0.219. The van der Waals surface area contributed by atoms with Gasteiger partial charge in [0.15, 0.2) is 5.13 Å². The van der Waals surface area contributed by atoms with Crippen LogP contribution in [-0.2, 0) is 4.79 Å². The van der Waals surface area contributed by atoms with Crippen LogP contribution in [0.5, 0.6) is 11.5 Å². The van der Waals surface area contributed by atoms with Crippen molar-refractivity contribution in [2.75, 3.05) is 18.5 Å². The minimum Gasteiger partial charge on any atom is -0.494 e. The lowest BCUT2D eigenvalue weighted by molar-refractivity contribution is -0.111. The van der Waals surface area contributed by atoms with E-state index in [1.807, 2.05) is 60.8 Å². The molecule has 0 spiro atoms. The van der Waals surface area contributed by atoms with Crippen molar-refractivity contribution in [2.24, 2.45) is 0 Å². The molecule has 3 rings (SSSR count). The summed E-state index contributed by atoms with van der Waals surface area (Å²) in [5, 5.41) is 5.29. The lowest BCUT2D eigenvalue weighted by Gasteiger charge is -2.04. The van der Waals surface area contributed by atoms with Gasteiger partial charge in [-0.05, 0) is 61.4 Å². The molecule has 5 nitrogen and oxygen atoms in total. The second-order valence-electron chi connectivity index (χ2n) is 6.24. The highest BCUT2D eigenvalue weighted by atomic mass is 32.1. The van der Waals surface area contributed by atoms with Crippen molar-refractivity contribution in [3.63, 3.8) is 0 Å². The van der Waals surface area contributed by atoms with Gasteiger partial charge in [0, 0.05) is 17.0 Å². The zero-order valence-electron chi connectivity index (χ0n) is 16.6. The third kappa shape index (κ3) is 6.19. The number of thiazole rings is 1. The Balaban J connectivity index is 1.56. The molecule has 0 aliphatic rings. The Morgan fingerprint density at radius 2 is 1.72 bits per heavy atom. The summed E-state index contributed by atoms with van der Waals surface area (Å²) in [6, 6.07) is 15.4. The first-order valence-electron chi connectivity index (χ1n) is 9.58. The zero-order chi connectivity index (χ0) is 20.5. The van der Waals surface area contributed by atoms with Crippen molar-refractivity contribution in [3.05, 3.63) is 65.6 Å². The molecular weight excluding hydrogens is 384 g/mol. The normalized spacial score (nSPS) is 10.8. The topological polar surface area (TPSA) is 60.5 Å². The Morgan fingerprint density at radius 3 is 2.41 bits per heavy atom. The van der Waals surface area contributed by atoms with Gasteiger partial charge in [0.1, 0.15) is 11.5 Å². The van der Waals surface area contributed by atoms with Crippen molar-refractivity contribution in [2.45, 2.75) is 20.3 Å². The lowest BCUT2D eigenvalue weighted by atomic mass is 10.2. The van der Waals surface area contributed by atoms with Gasteiger partial charge >= 0.3 is 0 Å². The van der Waals surface area contributed by atoms with Crippen LogP contribution in [-0.4, -0.2) is 24.1 Å². The van der Waals surface area contributed by atoms with Crippen LogP contribution < -0.4 is 14.8 Å². The maximum atomic E-state index is 12.2. The van der Waals surface area contributed by atoms with Crippen molar-refractivity contribution in [1.82, 2.24) is 4.98 Å². The monoisotopic (exact) mass is 408 g/mol. The van der Waals surface area contributed by atoms with Crippen molar-refractivity contribution in [3.8, 4) is 22.8 Å². The van der Waals surface area contributed by atoms with Crippen LogP contribution in [0.2, 0.25) is 0 Å². The molecule has 1 amide bonds. The first-order valence-corrected chi connectivity index (χ1v) is 10.5. The van der Waals surface area contributed by atoms with Gasteiger partial charge in [-0.3, -0.25) is 10.1 Å². The largest absolute Gasteiger partial charge is 0.494 e. The number of amides is 1. The van der Waals surface area contributed by atoms with E-state index in [9.17, 15) is 4.79 Å². The quantitative estimate of drug-likeness (QED) is 0.465. The van der Waals surface area contributed by atoms with Gasteiger partial charge in [0.05, 0.1) is 18.9 Å². The van der Waals surface area contributed by atoms with E-state index in [2.05, 4.69) is 17.2 Å². The highest BCUT2D eigenvalue weighted by molar-refractivity contribution is 7.14. The van der Waals surface area contributed by atoms with Crippen LogP contribution in [0, 0.1) is 0 Å². The molecule has 29 heavy (non-hydrogen) atoms. The fourth-order valence-corrected chi connectivity index (χ4v) is 3.29. The van der Waals surface area contributed by atoms with Crippen molar-refractivity contribution < 1.29 is 14.3 Å². The van der Waals surface area contributed by atoms with Crippen molar-refractivity contribution >= 4 is 28.5 Å². The first-order chi connectivity index (χ1) is 14.2. The smallest absolute Gasteiger partial charge is 0.250 e. The van der Waals surface area contributed by atoms with Crippen LogP contribution in [0.4, 0.5) is 5.13 Å². The predicted molar refractivity (Wildman–Crippen MR) is 119 cm³/mol. The molecular formula is C23H24N2O3S. The maximum absolute atomic E-state index is 12.2. The van der Waals surface area contributed by atoms with Crippen LogP contribution in [0.3, 0.4) is 0 Å². The van der Waals surface area contributed by atoms with E-state index in [-0.39, 0.29) is 5.91 Å². The number of carbonyl (C=O) groups is 1. The molecule has 0 aliphatic heterocycles. The Kier molecular flexibility index (Phi) is 7.41. The highest BCUT2D eigenvalue weighted by Gasteiger charge is 2.07. The summed E-state index contributed by atoms with van der Waals surface area (Å²) in [6.45, 7) is 5.36. The third-order valence-electron chi connectivity index (χ3n) is 3.98. The number of anilines is 1. The van der Waals surface area contributed by atoms with Gasteiger partial charge < -0.3 is 9.47 Å². The Bertz CT molecular complexity index is 947. The van der Waals surface area contributed by atoms with E-state index in [1.165, 1.54) is 17.4 Å². The number of nitrogens with one attached hydrogen (secondary N) is 1. The standard InChI is InChI=1S/C23H24N2O3S/c1-3-15-28-20-10-5-17(6-11-20)7-14-22(26)25-23-24-21(16-29-23)18-8-12-19(13-9-18)27-4-2/h5-14,16H,3-4,15H2,1-2H3,(H,24,25,26). The Hall–Kier alpha value is -3.12. The summed E-state index contributed by atoms with van der Waals surface area (Å²) < 4.78 is 11.0. The number of carbonyl (C=O) groups excluding carboxylic acids is 1. The number of hydrogen-bond donors (Lipinski definition) is 1. The minimum absolute atomic E-state index is 0.219. The Labute approximate surface area is 175 Å². The van der Waals surface area contributed by atoms with E-state index in [0.717, 1.165) is 34.7 Å². The molecule has 0 fully saturated rings. The number of ether oxygens (including phenoxy) is 2. The van der Waals surface area contributed by atoms with Gasteiger partial charge in [0.25, 0.3) is 0 Å². The predicted octanol–water partition coefficient (Wildman–Crippen LogP) is 5.65. The van der Waals surface area contributed by atoms with Crippen LogP contribution in [0.15, 0.2) is 60.0 Å². The average molecular weight is 409 g/mol. The summed E-state index contributed by atoms with van der Waals surface area (Å²) in [5.74, 6) is 1.44. The Morgan fingerprint density at radius 1 is 1.03 bits per heavy atom. The zero-order valence-corrected chi connectivity index (χ0v) is 17.4. The summed E-state index contributed by atoms with van der Waals surface area (Å²) in [4.78, 5) is 16.7. The molecule has 1 aromatic heterocycles. The van der Waals surface area contributed by atoms with E-state index >= 15 is 0 Å². The summed E-state index contributed by atoms with van der Waals surface area (Å²) in [6.07, 6.45) is 4.23. The van der Waals surface area contributed by atoms with E-state index < -0.39 is 0 Å². The number of rotatable bonds is 9. The molecule has 1 heterocycles. The summed E-state index contributed by atoms with van der Waals surface area (Å²) >= 11 is 1.39. The van der Waals surface area contributed by atoms with Gasteiger partial charge in [-0.25, -0.2) is 4.98 Å². The van der Waals surface area contributed by atoms with Crippen molar-refractivity contribution in [1.29, 1.82) is 0 Å². The molecule has 0 bridgehead atoms. The summed E-state index contributed by atoms with van der Waals surface area (Å²) in [5.41, 5.74) is 2.73. The molecule has 0 radical (unpaired) electrons. The molecule has 0 aliphatic carbocycles. The molecule has 0 unspecified atom stereocenters. The van der Waals surface area contributed by atoms with Crippen LogP contribution in [0.1, 0.15) is 25.8 Å². The number of benzene rings is 2. The lowest BCUT2D eigenvalue weighted by Crippen LogP contribution is -2.07. The van der Waals surface area contributed by atoms with E-state index in [0.29, 0.717) is 18.3 Å². The fourth-order valence-electron chi connectivity index (χ4n) is 2.57. The van der Waals surface area contributed by atoms with Gasteiger partial charge in [0.2, 0.25) is 5.91 Å². The van der Waals surface area contributed by atoms with Crippen LogP contribution in [0.25, 0.3) is 17.3 Å². The average Bonchev–Trinajstić information content (AvgIpc) is 3.20. The highest BCUT2D eigenvalue weighted by Crippen LogP contribution is 2.26. The molecule has 3 aromatic rings. The van der Waals surface area contributed by atoms with E-state index in [1.54, 1.807) is 6.08 Å². The molecule has 6 heteroatoms. The molecule has 0 atom stereocenters. The number of aromatic nitrogens is 1.